The normalized spacial score (nSPS) is 11.5. The number of methoxy groups -OCH3 is 1. The van der Waals surface area contributed by atoms with Gasteiger partial charge in [-0.3, -0.25) is 0 Å². The van der Waals surface area contributed by atoms with E-state index in [2.05, 4.69) is 55.8 Å². The van der Waals surface area contributed by atoms with Crippen LogP contribution in [0.1, 0.15) is 20.8 Å². The van der Waals surface area contributed by atoms with E-state index in [0.717, 1.165) is 11.4 Å². The number of ether oxygens (including phenoxy) is 1. The molecule has 2 nitrogen and oxygen atoms in total. The van der Waals surface area contributed by atoms with Crippen molar-refractivity contribution in [2.24, 2.45) is 0 Å². The van der Waals surface area contributed by atoms with Crippen LogP contribution in [0.5, 0.6) is 5.75 Å². The quantitative estimate of drug-likeness (QED) is 0.761. The third-order valence-electron chi connectivity index (χ3n) is 2.84. The Kier molecular flexibility index (Phi) is 2.97. The highest BCUT2D eigenvalue weighted by Crippen LogP contribution is 2.34. The summed E-state index contributed by atoms with van der Waals surface area (Å²) < 4.78 is 7.71. The molecule has 0 amide bonds. The number of rotatable bonds is 2. The van der Waals surface area contributed by atoms with Gasteiger partial charge in [-0.2, -0.15) is 0 Å². The molecule has 0 fully saturated rings. The molecule has 1 heterocycles. The van der Waals surface area contributed by atoms with Crippen LogP contribution in [0.15, 0.2) is 42.6 Å². The van der Waals surface area contributed by atoms with E-state index in [1.54, 1.807) is 7.11 Å². The maximum absolute atomic E-state index is 5.45. The van der Waals surface area contributed by atoms with Crippen molar-refractivity contribution in [3.8, 4) is 17.0 Å². The van der Waals surface area contributed by atoms with Crippen LogP contribution in [-0.2, 0) is 5.54 Å². The Morgan fingerprint density at radius 2 is 1.65 bits per heavy atom. The second-order valence-corrected chi connectivity index (χ2v) is 5.14. The highest BCUT2D eigenvalue weighted by Gasteiger charge is 2.20. The van der Waals surface area contributed by atoms with Crippen molar-refractivity contribution in [2.45, 2.75) is 26.3 Å². The summed E-state index contributed by atoms with van der Waals surface area (Å²) >= 11 is 0. The summed E-state index contributed by atoms with van der Waals surface area (Å²) in [6.07, 6.45) is 2.08. The van der Waals surface area contributed by atoms with Gasteiger partial charge in [0.25, 0.3) is 0 Å². The van der Waals surface area contributed by atoms with Crippen LogP contribution in [0.3, 0.4) is 0 Å². The monoisotopic (exact) mass is 229 g/mol. The van der Waals surface area contributed by atoms with Gasteiger partial charge in [0.05, 0.1) is 12.8 Å². The maximum atomic E-state index is 5.45. The molecule has 17 heavy (non-hydrogen) atoms. The van der Waals surface area contributed by atoms with E-state index >= 15 is 0 Å². The lowest BCUT2D eigenvalue weighted by Crippen LogP contribution is -2.21. The lowest BCUT2D eigenvalue weighted by atomic mass is 10.1. The van der Waals surface area contributed by atoms with Crippen LogP contribution in [0.25, 0.3) is 11.3 Å². The number of hydrogen-bond acceptors (Lipinski definition) is 1. The van der Waals surface area contributed by atoms with Crippen molar-refractivity contribution in [2.75, 3.05) is 7.11 Å². The van der Waals surface area contributed by atoms with Gasteiger partial charge in [0.15, 0.2) is 0 Å². The molecule has 2 rings (SSSR count). The average molecular weight is 229 g/mol. The molecule has 2 aromatic rings. The minimum atomic E-state index is 0.0436. The number of aromatic nitrogens is 1. The van der Waals surface area contributed by atoms with Gasteiger partial charge in [0.1, 0.15) is 5.75 Å². The van der Waals surface area contributed by atoms with Gasteiger partial charge < -0.3 is 9.30 Å². The number of nitrogens with zero attached hydrogens (tertiary/aromatic N) is 1. The second kappa shape index (κ2) is 4.28. The molecule has 2 heteroatoms. The van der Waals surface area contributed by atoms with Crippen LogP contribution in [0.4, 0.5) is 0 Å². The summed E-state index contributed by atoms with van der Waals surface area (Å²) in [6.45, 7) is 6.58. The zero-order valence-electron chi connectivity index (χ0n) is 10.9. The molecule has 0 spiro atoms. The fourth-order valence-corrected chi connectivity index (χ4v) is 2.02. The van der Waals surface area contributed by atoms with Gasteiger partial charge in [-0.25, -0.2) is 0 Å². The highest BCUT2D eigenvalue weighted by molar-refractivity contribution is 5.67. The Morgan fingerprint density at radius 1 is 1.00 bits per heavy atom. The van der Waals surface area contributed by atoms with E-state index in [4.69, 9.17) is 4.74 Å². The van der Waals surface area contributed by atoms with Crippen molar-refractivity contribution in [3.05, 3.63) is 42.6 Å². The van der Waals surface area contributed by atoms with Crippen LogP contribution in [-0.4, -0.2) is 11.7 Å². The van der Waals surface area contributed by atoms with Crippen molar-refractivity contribution in [3.63, 3.8) is 0 Å². The smallest absolute Gasteiger partial charge is 0.144 e. The van der Waals surface area contributed by atoms with E-state index in [1.165, 1.54) is 5.56 Å². The fourth-order valence-electron chi connectivity index (χ4n) is 2.02. The van der Waals surface area contributed by atoms with Crippen molar-refractivity contribution in [1.82, 2.24) is 4.57 Å². The van der Waals surface area contributed by atoms with E-state index in [0.29, 0.717) is 0 Å². The predicted octanol–water partition coefficient (Wildman–Crippen LogP) is 3.92. The Balaban J connectivity index is 2.62. The third kappa shape index (κ3) is 2.21. The standard InChI is InChI=1S/C15H19NO/c1-15(2,3)16-11-10-13(17-4)14(16)12-8-6-5-7-9-12/h5-11H,1-4H3. The first kappa shape index (κ1) is 11.8. The van der Waals surface area contributed by atoms with Crippen LogP contribution in [0.2, 0.25) is 0 Å². The van der Waals surface area contributed by atoms with E-state index in [1.807, 2.05) is 12.1 Å². The first-order chi connectivity index (χ1) is 8.04. The molecule has 0 atom stereocenters. The molecule has 0 aliphatic carbocycles. The Morgan fingerprint density at radius 3 is 2.18 bits per heavy atom. The van der Waals surface area contributed by atoms with Gasteiger partial charge in [-0.05, 0) is 26.8 Å². The SMILES string of the molecule is COc1ccn(C(C)(C)C)c1-c1ccccc1. The first-order valence-corrected chi connectivity index (χ1v) is 5.85. The largest absolute Gasteiger partial charge is 0.494 e. The summed E-state index contributed by atoms with van der Waals surface area (Å²) in [6, 6.07) is 12.4. The maximum Gasteiger partial charge on any atom is 0.144 e. The summed E-state index contributed by atoms with van der Waals surface area (Å²) in [7, 11) is 1.72. The molecule has 1 aromatic heterocycles. The molecular weight excluding hydrogens is 210 g/mol. The molecule has 0 radical (unpaired) electrons. The lowest BCUT2D eigenvalue weighted by molar-refractivity contribution is 0.389. The van der Waals surface area contributed by atoms with E-state index < -0.39 is 0 Å². The fraction of sp³-hybridized carbons (Fsp3) is 0.333. The lowest BCUT2D eigenvalue weighted by Gasteiger charge is -2.25. The molecule has 0 N–H and O–H groups in total. The predicted molar refractivity (Wildman–Crippen MR) is 71.4 cm³/mol. The second-order valence-electron chi connectivity index (χ2n) is 5.14. The molecule has 90 valence electrons. The van der Waals surface area contributed by atoms with Crippen molar-refractivity contribution < 1.29 is 4.74 Å². The van der Waals surface area contributed by atoms with Crippen molar-refractivity contribution >= 4 is 0 Å². The molecule has 0 saturated heterocycles. The molecular formula is C15H19NO. The van der Waals surface area contributed by atoms with E-state index in [-0.39, 0.29) is 5.54 Å². The topological polar surface area (TPSA) is 14.2 Å². The Labute approximate surface area is 103 Å². The number of benzene rings is 1. The average Bonchev–Trinajstić information content (AvgIpc) is 2.73. The number of hydrogen-bond donors (Lipinski definition) is 0. The summed E-state index contributed by atoms with van der Waals surface area (Å²) in [5.74, 6) is 0.922. The Bertz CT molecular complexity index is 491. The van der Waals surface area contributed by atoms with Crippen LogP contribution in [0, 0.1) is 0 Å². The van der Waals surface area contributed by atoms with Gasteiger partial charge in [0.2, 0.25) is 0 Å². The van der Waals surface area contributed by atoms with Crippen LogP contribution < -0.4 is 4.74 Å². The van der Waals surface area contributed by atoms with Crippen molar-refractivity contribution in [1.29, 1.82) is 0 Å². The zero-order chi connectivity index (χ0) is 12.5. The zero-order valence-corrected chi connectivity index (χ0v) is 10.9. The minimum Gasteiger partial charge on any atom is -0.494 e. The van der Waals surface area contributed by atoms with Crippen LogP contribution >= 0.6 is 0 Å². The Hall–Kier alpha value is -1.70. The van der Waals surface area contributed by atoms with Gasteiger partial charge >= 0.3 is 0 Å². The van der Waals surface area contributed by atoms with Gasteiger partial charge in [-0.1, -0.05) is 30.3 Å². The minimum absolute atomic E-state index is 0.0436. The third-order valence-corrected chi connectivity index (χ3v) is 2.84. The molecule has 0 aliphatic rings. The molecule has 0 saturated carbocycles. The molecule has 0 bridgehead atoms. The highest BCUT2D eigenvalue weighted by atomic mass is 16.5. The molecule has 0 unspecified atom stereocenters. The first-order valence-electron chi connectivity index (χ1n) is 5.85. The van der Waals surface area contributed by atoms with Gasteiger partial charge in [0, 0.05) is 17.3 Å². The molecule has 0 aliphatic heterocycles. The summed E-state index contributed by atoms with van der Waals surface area (Å²) in [5.41, 5.74) is 2.37. The summed E-state index contributed by atoms with van der Waals surface area (Å²) in [4.78, 5) is 0. The van der Waals surface area contributed by atoms with Gasteiger partial charge in [-0.15, -0.1) is 0 Å². The summed E-state index contributed by atoms with van der Waals surface area (Å²) in [5, 5.41) is 0. The molecule has 1 aromatic carbocycles. The van der Waals surface area contributed by atoms with E-state index in [9.17, 15) is 0 Å².